The van der Waals surface area contributed by atoms with Crippen molar-refractivity contribution in [3.63, 3.8) is 0 Å². The summed E-state index contributed by atoms with van der Waals surface area (Å²) < 4.78 is 26.4. The first-order chi connectivity index (χ1) is 13.5. The van der Waals surface area contributed by atoms with Crippen LogP contribution in [0.25, 0.3) is 0 Å². The number of carboxylic acid groups (broad SMARTS) is 1. The van der Waals surface area contributed by atoms with Crippen molar-refractivity contribution in [1.29, 1.82) is 0 Å². The Morgan fingerprint density at radius 1 is 1.00 bits per heavy atom. The Morgan fingerprint density at radius 3 is 2.14 bits per heavy atom. The average Bonchev–Trinajstić information content (AvgIpc) is 2.70. The molecule has 0 atom stereocenters. The summed E-state index contributed by atoms with van der Waals surface area (Å²) in [6.45, 7) is 1.83. The van der Waals surface area contributed by atoms with E-state index in [0.29, 0.717) is 11.5 Å². The lowest BCUT2D eigenvalue weighted by molar-refractivity contribution is -0.133. The van der Waals surface area contributed by atoms with E-state index in [4.69, 9.17) is 0 Å². The van der Waals surface area contributed by atoms with Crippen molar-refractivity contribution in [2.75, 3.05) is 0 Å². The molecule has 4 heteroatoms. The highest BCUT2D eigenvalue weighted by atomic mass is 19.2. The van der Waals surface area contributed by atoms with Crippen LogP contribution >= 0.6 is 0 Å². The second-order valence-electron chi connectivity index (χ2n) is 8.73. The zero-order chi connectivity index (χ0) is 20.1. The second kappa shape index (κ2) is 9.67. The number of allylic oxidation sites excluding steroid dienone is 1. The number of aryl methyl sites for hydroxylation is 1. The minimum atomic E-state index is -0.774. The van der Waals surface area contributed by atoms with Gasteiger partial charge in [-0.3, -0.25) is 0 Å². The van der Waals surface area contributed by atoms with Gasteiger partial charge in [0.2, 0.25) is 0 Å². The maximum atomic E-state index is 13.3. The van der Waals surface area contributed by atoms with Crippen LogP contribution < -0.4 is 0 Å². The van der Waals surface area contributed by atoms with Gasteiger partial charge in [-0.15, -0.1) is 0 Å². The first-order valence-electron chi connectivity index (χ1n) is 10.8. The Balaban J connectivity index is 1.41. The summed E-state index contributed by atoms with van der Waals surface area (Å²) in [5, 5.41) is 9.32. The first kappa shape index (κ1) is 21.0. The number of hydrogen-bond donors (Lipinski definition) is 1. The van der Waals surface area contributed by atoms with Gasteiger partial charge in [-0.2, -0.15) is 0 Å². The van der Waals surface area contributed by atoms with Crippen molar-refractivity contribution in [2.45, 2.75) is 71.1 Å². The van der Waals surface area contributed by atoms with Crippen LogP contribution in [0.5, 0.6) is 0 Å². The fourth-order valence-electron chi connectivity index (χ4n) is 5.45. The van der Waals surface area contributed by atoms with Gasteiger partial charge >= 0.3 is 5.97 Å². The van der Waals surface area contributed by atoms with Gasteiger partial charge < -0.3 is 5.11 Å². The third-order valence-corrected chi connectivity index (χ3v) is 7.15. The van der Waals surface area contributed by atoms with E-state index >= 15 is 0 Å². The van der Waals surface area contributed by atoms with Crippen LogP contribution in [-0.4, -0.2) is 11.1 Å². The van der Waals surface area contributed by atoms with Crippen molar-refractivity contribution in [3.05, 3.63) is 47.0 Å². The topological polar surface area (TPSA) is 37.3 Å². The fraction of sp³-hybridized carbons (Fsp3) is 0.625. The summed E-state index contributed by atoms with van der Waals surface area (Å²) in [7, 11) is 0. The highest BCUT2D eigenvalue weighted by Crippen LogP contribution is 2.43. The van der Waals surface area contributed by atoms with E-state index in [1.54, 1.807) is 12.1 Å². The zero-order valence-corrected chi connectivity index (χ0v) is 16.8. The Hall–Kier alpha value is -1.71. The van der Waals surface area contributed by atoms with Gasteiger partial charge in [0.05, 0.1) is 0 Å². The Kier molecular flexibility index (Phi) is 7.25. The minimum Gasteiger partial charge on any atom is -0.478 e. The van der Waals surface area contributed by atoms with E-state index in [0.717, 1.165) is 55.9 Å². The lowest BCUT2D eigenvalue weighted by Crippen LogP contribution is -2.27. The summed E-state index contributed by atoms with van der Waals surface area (Å²) in [5.41, 5.74) is 1.48. The molecule has 2 fully saturated rings. The molecule has 2 aliphatic carbocycles. The van der Waals surface area contributed by atoms with E-state index in [1.807, 2.05) is 6.92 Å². The highest BCUT2D eigenvalue weighted by Gasteiger charge is 2.32. The number of halogens is 2. The molecule has 1 N–H and O–H groups in total. The van der Waals surface area contributed by atoms with E-state index in [9.17, 15) is 18.7 Å². The molecule has 3 rings (SSSR count). The summed E-state index contributed by atoms with van der Waals surface area (Å²) in [4.78, 5) is 11.3. The molecule has 2 saturated carbocycles. The van der Waals surface area contributed by atoms with Gasteiger partial charge in [0.25, 0.3) is 0 Å². The van der Waals surface area contributed by atoms with Gasteiger partial charge in [0.1, 0.15) is 0 Å². The van der Waals surface area contributed by atoms with Crippen molar-refractivity contribution in [2.24, 2.45) is 23.7 Å². The van der Waals surface area contributed by atoms with E-state index in [1.165, 1.54) is 37.8 Å². The quantitative estimate of drug-likeness (QED) is 0.560. The number of carbonyl (C=O) groups is 1. The molecule has 0 amide bonds. The van der Waals surface area contributed by atoms with Crippen LogP contribution in [0.15, 0.2) is 29.8 Å². The van der Waals surface area contributed by atoms with Crippen LogP contribution in [0.1, 0.15) is 70.3 Å². The van der Waals surface area contributed by atoms with Crippen LogP contribution in [0.4, 0.5) is 8.78 Å². The summed E-state index contributed by atoms with van der Waals surface area (Å²) in [6, 6.07) is 4.25. The number of aliphatic carboxylic acids is 1. The summed E-state index contributed by atoms with van der Waals surface area (Å²) in [5.74, 6) is 0.153. The molecule has 0 heterocycles. The molecular weight excluding hydrogens is 358 g/mol. The predicted octanol–water partition coefficient (Wildman–Crippen LogP) is 6.54. The standard InChI is InChI=1S/C24H32F2O2/c1-2-21(24(27)28)20-12-10-19(11-13-20)18-8-5-16(6-9-18)3-4-17-7-14-22(25)23(26)15-17/h2,7,14-16,18-20H,3-6,8-13H2,1H3,(H,27,28)/t16-,18-,19-,20-. The SMILES string of the molecule is CC=C(C(=O)O)[C@H]1CC[C@H]([C@H]2CC[C@H](CCc3ccc(F)c(F)c3)CC2)CC1. The van der Waals surface area contributed by atoms with Crippen LogP contribution in [0.3, 0.4) is 0 Å². The third-order valence-electron chi connectivity index (χ3n) is 7.15. The molecular formula is C24H32F2O2. The van der Waals surface area contributed by atoms with Crippen molar-refractivity contribution in [1.82, 2.24) is 0 Å². The summed E-state index contributed by atoms with van der Waals surface area (Å²) in [6.07, 6.45) is 12.9. The molecule has 0 spiro atoms. The first-order valence-corrected chi connectivity index (χ1v) is 10.8. The van der Waals surface area contributed by atoms with Crippen molar-refractivity contribution in [3.8, 4) is 0 Å². The molecule has 2 nitrogen and oxygen atoms in total. The molecule has 0 radical (unpaired) electrons. The zero-order valence-electron chi connectivity index (χ0n) is 16.8. The molecule has 1 aromatic rings. The fourth-order valence-corrected chi connectivity index (χ4v) is 5.45. The number of carboxylic acids is 1. The highest BCUT2D eigenvalue weighted by molar-refractivity contribution is 5.87. The monoisotopic (exact) mass is 390 g/mol. The molecule has 2 aliphatic rings. The van der Waals surface area contributed by atoms with E-state index < -0.39 is 17.6 Å². The maximum absolute atomic E-state index is 13.3. The van der Waals surface area contributed by atoms with Gasteiger partial charge in [-0.1, -0.05) is 25.0 Å². The molecule has 0 aromatic heterocycles. The predicted molar refractivity (Wildman–Crippen MR) is 107 cm³/mol. The van der Waals surface area contributed by atoms with Crippen LogP contribution in [0.2, 0.25) is 0 Å². The molecule has 1 aromatic carbocycles. The molecule has 28 heavy (non-hydrogen) atoms. The lowest BCUT2D eigenvalue weighted by Gasteiger charge is -2.38. The Bertz CT molecular complexity index is 697. The molecule has 0 bridgehead atoms. The van der Waals surface area contributed by atoms with Gasteiger partial charge in [0, 0.05) is 5.57 Å². The van der Waals surface area contributed by atoms with Gasteiger partial charge in [0.15, 0.2) is 11.6 Å². The molecule has 0 unspecified atom stereocenters. The van der Waals surface area contributed by atoms with Gasteiger partial charge in [-0.05, 0) is 99.7 Å². The smallest absolute Gasteiger partial charge is 0.331 e. The maximum Gasteiger partial charge on any atom is 0.331 e. The number of rotatable bonds is 6. The number of benzene rings is 1. The Labute approximate surface area is 167 Å². The van der Waals surface area contributed by atoms with Crippen molar-refractivity contribution >= 4 is 5.97 Å². The normalized spacial score (nSPS) is 28.9. The van der Waals surface area contributed by atoms with Crippen LogP contribution in [-0.2, 0) is 11.2 Å². The molecule has 154 valence electrons. The second-order valence-corrected chi connectivity index (χ2v) is 8.73. The lowest BCUT2D eigenvalue weighted by atomic mass is 9.67. The largest absolute Gasteiger partial charge is 0.478 e. The average molecular weight is 391 g/mol. The van der Waals surface area contributed by atoms with Gasteiger partial charge in [-0.25, -0.2) is 13.6 Å². The number of hydrogen-bond acceptors (Lipinski definition) is 1. The summed E-state index contributed by atoms with van der Waals surface area (Å²) >= 11 is 0. The van der Waals surface area contributed by atoms with E-state index in [-0.39, 0.29) is 5.92 Å². The van der Waals surface area contributed by atoms with Crippen LogP contribution in [0, 0.1) is 35.3 Å². The van der Waals surface area contributed by atoms with E-state index in [2.05, 4.69) is 0 Å². The third kappa shape index (κ3) is 5.21. The minimum absolute atomic E-state index is 0.228. The molecule has 0 aliphatic heterocycles. The molecule has 0 saturated heterocycles. The van der Waals surface area contributed by atoms with Crippen molar-refractivity contribution < 1.29 is 18.7 Å². The Morgan fingerprint density at radius 2 is 1.61 bits per heavy atom.